The van der Waals surface area contributed by atoms with Gasteiger partial charge in [0.05, 0.1) is 28.4 Å². The van der Waals surface area contributed by atoms with E-state index in [9.17, 15) is 9.59 Å². The summed E-state index contributed by atoms with van der Waals surface area (Å²) < 4.78 is 6.24. The summed E-state index contributed by atoms with van der Waals surface area (Å²) in [6, 6.07) is 7.01. The highest BCUT2D eigenvalue weighted by Gasteiger charge is 2.24. The minimum Gasteiger partial charge on any atom is -0.455 e. The molecule has 35 heavy (non-hydrogen) atoms. The number of aromatic nitrogens is 1. The summed E-state index contributed by atoms with van der Waals surface area (Å²) in [6.07, 6.45) is 1.17. The minimum atomic E-state index is -0.777. The lowest BCUT2D eigenvalue weighted by Gasteiger charge is -2.20. The van der Waals surface area contributed by atoms with E-state index in [2.05, 4.69) is 15.3 Å². The van der Waals surface area contributed by atoms with Crippen molar-refractivity contribution in [3.05, 3.63) is 74.0 Å². The number of aryl methyl sites for hydroxylation is 2. The fourth-order valence-electron chi connectivity index (χ4n) is 3.77. The Balaban J connectivity index is 0.00000210. The van der Waals surface area contributed by atoms with Gasteiger partial charge in [-0.25, -0.2) is 4.98 Å². The maximum atomic E-state index is 13.3. The normalized spacial score (nSPS) is 12.7. The highest BCUT2D eigenvalue weighted by Crippen LogP contribution is 2.31. The topological polar surface area (TPSA) is 137 Å². The van der Waals surface area contributed by atoms with Crippen LogP contribution in [0.5, 0.6) is 0 Å². The molecule has 0 aliphatic rings. The zero-order valence-electron chi connectivity index (χ0n) is 21.1. The number of rotatable bonds is 6. The lowest BCUT2D eigenvalue weighted by atomic mass is 9.97. The van der Waals surface area contributed by atoms with E-state index < -0.39 is 5.91 Å². The fraction of sp³-hybridized carbons (Fsp3) is 0.308. The van der Waals surface area contributed by atoms with Gasteiger partial charge in [-0.3, -0.25) is 14.6 Å². The van der Waals surface area contributed by atoms with Crippen LogP contribution in [0.4, 0.5) is 5.69 Å². The first-order chi connectivity index (χ1) is 16.6. The quantitative estimate of drug-likeness (QED) is 0.329. The molecule has 0 saturated heterocycles. The molecule has 2 aromatic heterocycles. The maximum Gasteiger partial charge on any atom is 0.267 e. The second-order valence-electron chi connectivity index (χ2n) is 7.77. The van der Waals surface area contributed by atoms with Crippen molar-refractivity contribution < 1.29 is 9.21 Å². The standard InChI is InChI=1S/C24H26ClN5O3.C2H6/c1-11-8-15(13(3)29-18-6-7-19(25)30-14(18)4)23-16(9-11)21(31)12(2)22(33-23)17(10-26)20(28-5)24(27)32;1-2/h6-10,13,29H,26H2,1-5H3,(H2,27,32);1-2H3/b17-10+,28-20?;. The van der Waals surface area contributed by atoms with Crippen LogP contribution in [0.1, 0.15) is 55.0 Å². The lowest BCUT2D eigenvalue weighted by Crippen LogP contribution is -2.26. The largest absolute Gasteiger partial charge is 0.455 e. The number of carbonyl (C=O) groups is 1. The Hall–Kier alpha value is -3.65. The fourth-order valence-corrected chi connectivity index (χ4v) is 3.96. The number of benzene rings is 1. The van der Waals surface area contributed by atoms with E-state index in [-0.39, 0.29) is 28.5 Å². The average Bonchev–Trinajstić information content (AvgIpc) is 2.82. The third kappa shape index (κ3) is 5.71. The highest BCUT2D eigenvalue weighted by molar-refractivity contribution is 6.55. The molecule has 3 aromatic rings. The van der Waals surface area contributed by atoms with Crippen LogP contribution in [-0.4, -0.2) is 23.7 Å². The van der Waals surface area contributed by atoms with Gasteiger partial charge in [0, 0.05) is 24.4 Å². The van der Waals surface area contributed by atoms with E-state index in [1.807, 2.05) is 46.8 Å². The zero-order valence-corrected chi connectivity index (χ0v) is 21.9. The number of nitrogens with two attached hydrogens (primary N) is 2. The van der Waals surface area contributed by atoms with Crippen LogP contribution >= 0.6 is 11.6 Å². The summed E-state index contributed by atoms with van der Waals surface area (Å²) in [7, 11) is 1.42. The molecular formula is C26H32ClN5O3. The van der Waals surface area contributed by atoms with Crippen LogP contribution in [0.3, 0.4) is 0 Å². The molecule has 1 atom stereocenters. The third-order valence-corrected chi connectivity index (χ3v) is 5.62. The molecule has 1 amide bonds. The molecule has 0 aliphatic carbocycles. The molecule has 0 fully saturated rings. The van der Waals surface area contributed by atoms with Crippen molar-refractivity contribution in [2.45, 2.75) is 47.6 Å². The van der Waals surface area contributed by atoms with Crippen LogP contribution in [-0.2, 0) is 4.79 Å². The van der Waals surface area contributed by atoms with Crippen molar-refractivity contribution in [3.8, 4) is 0 Å². The van der Waals surface area contributed by atoms with E-state index in [0.29, 0.717) is 21.7 Å². The second-order valence-corrected chi connectivity index (χ2v) is 8.15. The van der Waals surface area contributed by atoms with Gasteiger partial charge in [-0.1, -0.05) is 31.5 Å². The summed E-state index contributed by atoms with van der Waals surface area (Å²) in [6.45, 7) is 11.3. The van der Waals surface area contributed by atoms with Gasteiger partial charge in [0.25, 0.3) is 5.91 Å². The van der Waals surface area contributed by atoms with E-state index >= 15 is 0 Å². The van der Waals surface area contributed by atoms with Crippen LogP contribution in [0, 0.1) is 20.8 Å². The molecule has 0 saturated carbocycles. The molecule has 2 heterocycles. The number of hydrogen-bond donors (Lipinski definition) is 3. The van der Waals surface area contributed by atoms with Crippen molar-refractivity contribution in [2.24, 2.45) is 16.5 Å². The summed E-state index contributed by atoms with van der Waals surface area (Å²) in [5.41, 5.74) is 15.0. The first kappa shape index (κ1) is 27.6. The highest BCUT2D eigenvalue weighted by atomic mass is 35.5. The SMILES string of the molecule is CC.CN=C(C(N)=O)/C(=C\N)c1oc2c(C(C)Nc3ccc(Cl)nc3C)cc(C)cc2c(=O)c1C. The van der Waals surface area contributed by atoms with Crippen LogP contribution in [0.2, 0.25) is 5.15 Å². The summed E-state index contributed by atoms with van der Waals surface area (Å²) in [5, 5.41) is 4.23. The van der Waals surface area contributed by atoms with Gasteiger partial charge in [-0.05, 0) is 51.5 Å². The van der Waals surface area contributed by atoms with E-state index in [1.54, 1.807) is 19.1 Å². The molecule has 5 N–H and O–H groups in total. The van der Waals surface area contributed by atoms with Crippen LogP contribution in [0.25, 0.3) is 16.5 Å². The first-order valence-corrected chi connectivity index (χ1v) is 11.6. The number of pyridine rings is 1. The number of hydrogen-bond acceptors (Lipinski definition) is 7. The predicted octanol–water partition coefficient (Wildman–Crippen LogP) is 4.82. The molecule has 1 unspecified atom stereocenters. The van der Waals surface area contributed by atoms with Gasteiger partial charge >= 0.3 is 0 Å². The molecule has 3 rings (SSSR count). The Morgan fingerprint density at radius 2 is 1.89 bits per heavy atom. The van der Waals surface area contributed by atoms with Gasteiger partial charge < -0.3 is 21.2 Å². The van der Waals surface area contributed by atoms with Gasteiger partial charge in [0.2, 0.25) is 0 Å². The molecule has 0 aliphatic heterocycles. The second kappa shape index (κ2) is 11.7. The third-order valence-electron chi connectivity index (χ3n) is 5.41. The molecule has 0 bridgehead atoms. The van der Waals surface area contributed by atoms with Crippen molar-refractivity contribution in [1.29, 1.82) is 0 Å². The molecule has 186 valence electrons. The molecule has 0 spiro atoms. The van der Waals surface area contributed by atoms with Gasteiger partial charge in [-0.2, -0.15) is 0 Å². The number of primary amides is 1. The Bertz CT molecular complexity index is 1380. The Labute approximate surface area is 210 Å². The van der Waals surface area contributed by atoms with Crippen molar-refractivity contribution in [2.75, 3.05) is 12.4 Å². The number of amides is 1. The van der Waals surface area contributed by atoms with Gasteiger partial charge in [0.1, 0.15) is 22.2 Å². The molecule has 9 heteroatoms. The van der Waals surface area contributed by atoms with Crippen LogP contribution < -0.4 is 22.2 Å². The Morgan fingerprint density at radius 1 is 1.23 bits per heavy atom. The monoisotopic (exact) mass is 497 g/mol. The zero-order chi connectivity index (χ0) is 26.4. The molecule has 8 nitrogen and oxygen atoms in total. The number of nitrogens with one attached hydrogen (secondary N) is 1. The lowest BCUT2D eigenvalue weighted by molar-refractivity contribution is -0.111. The molecular weight excluding hydrogens is 466 g/mol. The maximum absolute atomic E-state index is 13.3. The number of nitrogens with zero attached hydrogens (tertiary/aromatic N) is 2. The summed E-state index contributed by atoms with van der Waals surface area (Å²) >= 11 is 5.98. The number of carbonyl (C=O) groups excluding carboxylic acids is 1. The van der Waals surface area contributed by atoms with E-state index in [1.165, 1.54) is 13.2 Å². The predicted molar refractivity (Wildman–Crippen MR) is 144 cm³/mol. The Kier molecular flexibility index (Phi) is 9.19. The van der Waals surface area contributed by atoms with Gasteiger partial charge in [0.15, 0.2) is 5.43 Å². The minimum absolute atomic E-state index is 0.0780. The van der Waals surface area contributed by atoms with Crippen LogP contribution in [0.15, 0.2) is 44.7 Å². The average molecular weight is 498 g/mol. The van der Waals surface area contributed by atoms with Crippen molar-refractivity contribution >= 4 is 45.4 Å². The number of fused-ring (bicyclic) bond motifs is 1. The smallest absolute Gasteiger partial charge is 0.267 e. The van der Waals surface area contributed by atoms with E-state index in [0.717, 1.165) is 22.5 Å². The Morgan fingerprint density at radius 3 is 2.43 bits per heavy atom. The number of aliphatic imine (C=N–C) groups is 1. The van der Waals surface area contributed by atoms with Crippen molar-refractivity contribution in [3.63, 3.8) is 0 Å². The summed E-state index contributed by atoms with van der Waals surface area (Å²) in [4.78, 5) is 33.4. The first-order valence-electron chi connectivity index (χ1n) is 11.3. The summed E-state index contributed by atoms with van der Waals surface area (Å²) in [5.74, 6) is -0.628. The molecule has 1 aromatic carbocycles. The van der Waals surface area contributed by atoms with Gasteiger partial charge in [-0.15, -0.1) is 0 Å². The number of halogens is 1. The molecule has 0 radical (unpaired) electrons. The van der Waals surface area contributed by atoms with E-state index in [4.69, 9.17) is 27.5 Å². The number of anilines is 1. The van der Waals surface area contributed by atoms with Crippen molar-refractivity contribution in [1.82, 2.24) is 4.98 Å².